The maximum atomic E-state index is 11.1. The van der Waals surface area contributed by atoms with Crippen molar-refractivity contribution in [3.63, 3.8) is 0 Å². The topological polar surface area (TPSA) is 55.4 Å². The Kier molecular flexibility index (Phi) is 3.57. The number of nitrogens with one attached hydrogen (secondary N) is 1. The molecule has 0 saturated heterocycles. The Morgan fingerprint density at radius 3 is 2.60 bits per heavy atom. The number of anilines is 1. The summed E-state index contributed by atoms with van der Waals surface area (Å²) in [6, 6.07) is 5.33. The molecule has 0 unspecified atom stereocenters. The van der Waals surface area contributed by atoms with Gasteiger partial charge in [-0.15, -0.1) is 0 Å². The minimum atomic E-state index is -3.26. The lowest BCUT2D eigenvalue weighted by molar-refractivity contribution is 0.342. The first-order valence-electron chi connectivity index (χ1n) is 4.63. The molecule has 5 heteroatoms. The number of benzene rings is 1. The molecule has 0 bridgehead atoms. The van der Waals surface area contributed by atoms with Crippen molar-refractivity contribution < 1.29 is 13.2 Å². The average molecular weight is 229 g/mol. The summed E-state index contributed by atoms with van der Waals surface area (Å²) in [6.07, 6.45) is 1.11. The van der Waals surface area contributed by atoms with Crippen LogP contribution in [0.3, 0.4) is 0 Å². The lowest BCUT2D eigenvalue weighted by atomic mass is 10.2. The van der Waals surface area contributed by atoms with Gasteiger partial charge in [0.05, 0.1) is 18.6 Å². The van der Waals surface area contributed by atoms with Crippen LogP contribution in [-0.2, 0) is 10.0 Å². The molecule has 0 amide bonds. The lowest BCUT2D eigenvalue weighted by Gasteiger charge is -2.11. The average Bonchev–Trinajstić information content (AvgIpc) is 2.08. The van der Waals surface area contributed by atoms with Crippen LogP contribution in [0.2, 0.25) is 0 Å². The van der Waals surface area contributed by atoms with Crippen LogP contribution in [0.4, 0.5) is 5.69 Å². The summed E-state index contributed by atoms with van der Waals surface area (Å²) in [6.45, 7) is 4.28. The lowest BCUT2D eigenvalue weighted by Crippen LogP contribution is -2.11. The van der Waals surface area contributed by atoms with E-state index in [0.717, 1.165) is 11.8 Å². The van der Waals surface area contributed by atoms with Crippen LogP contribution in [0, 0.1) is 6.92 Å². The van der Waals surface area contributed by atoms with Gasteiger partial charge < -0.3 is 4.74 Å². The summed E-state index contributed by atoms with van der Waals surface area (Å²) < 4.78 is 29.9. The number of rotatable bonds is 4. The Balaban J connectivity index is 3.05. The Morgan fingerprint density at radius 1 is 1.40 bits per heavy atom. The van der Waals surface area contributed by atoms with Gasteiger partial charge in [0.2, 0.25) is 10.0 Å². The zero-order valence-corrected chi connectivity index (χ0v) is 9.89. The normalized spacial score (nSPS) is 11.1. The molecule has 0 aliphatic rings. The molecule has 0 spiro atoms. The predicted octanol–water partition coefficient (Wildman–Crippen LogP) is 1.77. The molecule has 84 valence electrons. The first-order valence-corrected chi connectivity index (χ1v) is 6.53. The van der Waals surface area contributed by atoms with Gasteiger partial charge in [-0.05, 0) is 31.5 Å². The largest absolute Gasteiger partial charge is 0.492 e. The number of sulfonamides is 1. The molecule has 0 aromatic heterocycles. The molecule has 0 aliphatic carbocycles. The first-order chi connectivity index (χ1) is 6.92. The molecule has 0 saturated carbocycles. The third kappa shape index (κ3) is 3.79. The van der Waals surface area contributed by atoms with E-state index in [0.29, 0.717) is 18.0 Å². The highest BCUT2D eigenvalue weighted by Crippen LogP contribution is 2.26. The molecule has 1 aromatic rings. The van der Waals surface area contributed by atoms with Crippen molar-refractivity contribution in [1.82, 2.24) is 0 Å². The highest BCUT2D eigenvalue weighted by Gasteiger charge is 2.08. The molecule has 1 rings (SSSR count). The third-order valence-corrected chi connectivity index (χ3v) is 2.32. The molecule has 0 radical (unpaired) electrons. The number of hydrogen-bond donors (Lipinski definition) is 1. The highest BCUT2D eigenvalue weighted by molar-refractivity contribution is 7.92. The summed E-state index contributed by atoms with van der Waals surface area (Å²) in [7, 11) is -3.26. The van der Waals surface area contributed by atoms with Crippen molar-refractivity contribution >= 4 is 15.7 Å². The van der Waals surface area contributed by atoms with Crippen LogP contribution >= 0.6 is 0 Å². The second kappa shape index (κ2) is 4.53. The summed E-state index contributed by atoms with van der Waals surface area (Å²) in [4.78, 5) is 0. The number of hydrogen-bond acceptors (Lipinski definition) is 3. The van der Waals surface area contributed by atoms with Crippen LogP contribution in [-0.4, -0.2) is 21.3 Å². The fourth-order valence-electron chi connectivity index (χ4n) is 1.19. The summed E-state index contributed by atoms with van der Waals surface area (Å²) in [5.74, 6) is 0.558. The van der Waals surface area contributed by atoms with Crippen molar-refractivity contribution in [2.45, 2.75) is 13.8 Å². The van der Waals surface area contributed by atoms with Gasteiger partial charge in [-0.2, -0.15) is 0 Å². The predicted molar refractivity (Wildman–Crippen MR) is 60.8 cm³/mol. The van der Waals surface area contributed by atoms with Crippen LogP contribution in [0.15, 0.2) is 18.2 Å². The van der Waals surface area contributed by atoms with Crippen LogP contribution in [0.1, 0.15) is 12.5 Å². The van der Waals surface area contributed by atoms with E-state index in [2.05, 4.69) is 4.72 Å². The fourth-order valence-corrected chi connectivity index (χ4v) is 1.76. The number of ether oxygens (including phenoxy) is 1. The second-order valence-electron chi connectivity index (χ2n) is 3.31. The van der Waals surface area contributed by atoms with Crippen molar-refractivity contribution in [1.29, 1.82) is 0 Å². The van der Waals surface area contributed by atoms with Crippen molar-refractivity contribution in [3.05, 3.63) is 23.8 Å². The van der Waals surface area contributed by atoms with Crippen molar-refractivity contribution in [2.24, 2.45) is 0 Å². The summed E-state index contributed by atoms with van der Waals surface area (Å²) >= 11 is 0. The Morgan fingerprint density at radius 2 is 2.07 bits per heavy atom. The highest BCUT2D eigenvalue weighted by atomic mass is 32.2. The standard InChI is InChI=1S/C10H15NO3S/c1-4-14-10-7-8(2)5-6-9(10)11-15(3,12)13/h5-7,11H,4H2,1-3H3. The van der Waals surface area contributed by atoms with Gasteiger partial charge in [0, 0.05) is 0 Å². The molecular formula is C10H15NO3S. The van der Waals surface area contributed by atoms with E-state index >= 15 is 0 Å². The van der Waals surface area contributed by atoms with Gasteiger partial charge in [0.1, 0.15) is 5.75 Å². The van der Waals surface area contributed by atoms with E-state index in [-0.39, 0.29) is 0 Å². The fraction of sp³-hybridized carbons (Fsp3) is 0.400. The molecule has 1 aromatic carbocycles. The van der Waals surface area contributed by atoms with Gasteiger partial charge >= 0.3 is 0 Å². The molecule has 4 nitrogen and oxygen atoms in total. The molecule has 15 heavy (non-hydrogen) atoms. The van der Waals surface area contributed by atoms with Gasteiger partial charge in [-0.1, -0.05) is 6.07 Å². The molecule has 0 aliphatic heterocycles. The molecule has 0 heterocycles. The van der Waals surface area contributed by atoms with E-state index in [4.69, 9.17) is 4.74 Å². The van der Waals surface area contributed by atoms with Gasteiger partial charge in [-0.3, -0.25) is 4.72 Å². The van der Waals surface area contributed by atoms with Crippen molar-refractivity contribution in [2.75, 3.05) is 17.6 Å². The monoisotopic (exact) mass is 229 g/mol. The smallest absolute Gasteiger partial charge is 0.229 e. The van der Waals surface area contributed by atoms with Crippen molar-refractivity contribution in [3.8, 4) is 5.75 Å². The van der Waals surface area contributed by atoms with Gasteiger partial charge in [0.15, 0.2) is 0 Å². The van der Waals surface area contributed by atoms with Gasteiger partial charge in [-0.25, -0.2) is 8.42 Å². The summed E-state index contributed by atoms with van der Waals surface area (Å²) in [5.41, 5.74) is 1.50. The third-order valence-electron chi connectivity index (χ3n) is 1.73. The van der Waals surface area contributed by atoms with E-state index in [1.807, 2.05) is 19.9 Å². The molecule has 0 atom stereocenters. The SMILES string of the molecule is CCOc1cc(C)ccc1NS(C)(=O)=O. The molecule has 1 N–H and O–H groups in total. The van der Waals surface area contributed by atoms with E-state index in [1.54, 1.807) is 12.1 Å². The first kappa shape index (κ1) is 11.8. The van der Waals surface area contributed by atoms with E-state index in [9.17, 15) is 8.42 Å². The number of aryl methyl sites for hydroxylation is 1. The van der Waals surface area contributed by atoms with E-state index in [1.165, 1.54) is 0 Å². The molecule has 0 fully saturated rings. The van der Waals surface area contributed by atoms with Crippen LogP contribution in [0.25, 0.3) is 0 Å². The van der Waals surface area contributed by atoms with E-state index < -0.39 is 10.0 Å². The van der Waals surface area contributed by atoms with Crippen LogP contribution < -0.4 is 9.46 Å². The summed E-state index contributed by atoms with van der Waals surface area (Å²) in [5, 5.41) is 0. The zero-order valence-electron chi connectivity index (χ0n) is 9.07. The van der Waals surface area contributed by atoms with Crippen LogP contribution in [0.5, 0.6) is 5.75 Å². The Bertz CT molecular complexity index is 440. The second-order valence-corrected chi connectivity index (χ2v) is 5.06. The minimum Gasteiger partial charge on any atom is -0.492 e. The Labute approximate surface area is 90.3 Å². The maximum Gasteiger partial charge on any atom is 0.229 e. The van der Waals surface area contributed by atoms with Gasteiger partial charge in [0.25, 0.3) is 0 Å². The zero-order chi connectivity index (χ0) is 11.5. The minimum absolute atomic E-state index is 0.477. The Hall–Kier alpha value is -1.23. The quantitative estimate of drug-likeness (QED) is 0.856. The molecular weight excluding hydrogens is 214 g/mol. The maximum absolute atomic E-state index is 11.1.